The fourth-order valence-corrected chi connectivity index (χ4v) is 3.23. The van der Waals surface area contributed by atoms with Crippen LogP contribution in [0.2, 0.25) is 0 Å². The van der Waals surface area contributed by atoms with Crippen LogP contribution in [0.1, 0.15) is 11.5 Å². The van der Waals surface area contributed by atoms with E-state index >= 15 is 0 Å². The molecule has 0 saturated heterocycles. The maximum absolute atomic E-state index is 6.13. The zero-order valence-electron chi connectivity index (χ0n) is 13.5. The van der Waals surface area contributed by atoms with Gasteiger partial charge in [0.25, 0.3) is 0 Å². The number of para-hydroxylation sites is 1. The molecule has 25 heavy (non-hydrogen) atoms. The lowest BCUT2D eigenvalue weighted by atomic mass is 10.2. The molecule has 7 nitrogen and oxygen atoms in total. The first kappa shape index (κ1) is 15.5. The SMILES string of the molecule is Cc1occc1-c1nnc(SCc2ccn(-c3ccccc3)n2)n1N. The number of rotatable bonds is 5. The maximum atomic E-state index is 6.13. The summed E-state index contributed by atoms with van der Waals surface area (Å²) < 4.78 is 8.63. The van der Waals surface area contributed by atoms with Gasteiger partial charge in [0.1, 0.15) is 5.76 Å². The van der Waals surface area contributed by atoms with Crippen LogP contribution in [0.3, 0.4) is 0 Å². The third-order valence-corrected chi connectivity index (χ3v) is 4.76. The fraction of sp³-hybridized carbons (Fsp3) is 0.118. The number of thioether (sulfide) groups is 1. The molecule has 4 rings (SSSR count). The van der Waals surface area contributed by atoms with Crippen LogP contribution in [0, 0.1) is 6.92 Å². The number of hydrogen-bond acceptors (Lipinski definition) is 6. The average molecular weight is 352 g/mol. The summed E-state index contributed by atoms with van der Waals surface area (Å²) in [5.41, 5.74) is 2.81. The number of nitrogen functional groups attached to an aromatic ring is 1. The minimum absolute atomic E-state index is 0.587. The lowest BCUT2D eigenvalue weighted by Crippen LogP contribution is -2.11. The van der Waals surface area contributed by atoms with Crippen molar-refractivity contribution >= 4 is 11.8 Å². The van der Waals surface area contributed by atoms with Gasteiger partial charge in [-0.3, -0.25) is 0 Å². The van der Waals surface area contributed by atoms with Crippen LogP contribution < -0.4 is 5.84 Å². The van der Waals surface area contributed by atoms with E-state index in [1.54, 1.807) is 6.26 Å². The van der Waals surface area contributed by atoms with Crippen LogP contribution in [0.25, 0.3) is 17.1 Å². The standard InChI is InChI=1S/C17H16N6OS/c1-12-15(8-10-24-12)16-19-20-17(23(16)18)25-11-13-7-9-22(21-13)14-5-3-2-4-6-14/h2-10H,11,18H2,1H3. The van der Waals surface area contributed by atoms with E-state index in [0.717, 1.165) is 22.7 Å². The van der Waals surface area contributed by atoms with Crippen LogP contribution in [-0.4, -0.2) is 24.7 Å². The van der Waals surface area contributed by atoms with Crippen molar-refractivity contribution in [1.82, 2.24) is 24.7 Å². The van der Waals surface area contributed by atoms with Crippen molar-refractivity contribution in [2.75, 3.05) is 5.84 Å². The molecule has 0 saturated carbocycles. The summed E-state index contributed by atoms with van der Waals surface area (Å²) >= 11 is 1.49. The Morgan fingerprint density at radius 1 is 1.12 bits per heavy atom. The molecule has 126 valence electrons. The van der Waals surface area contributed by atoms with Gasteiger partial charge in [0, 0.05) is 11.9 Å². The van der Waals surface area contributed by atoms with Crippen molar-refractivity contribution in [1.29, 1.82) is 0 Å². The molecule has 8 heteroatoms. The molecular formula is C17H16N6OS. The van der Waals surface area contributed by atoms with E-state index in [-0.39, 0.29) is 0 Å². The average Bonchev–Trinajstić information content (AvgIpc) is 3.35. The molecule has 0 atom stereocenters. The molecule has 0 unspecified atom stereocenters. The van der Waals surface area contributed by atoms with E-state index in [1.807, 2.05) is 60.3 Å². The van der Waals surface area contributed by atoms with Gasteiger partial charge >= 0.3 is 0 Å². The van der Waals surface area contributed by atoms with Crippen molar-refractivity contribution in [3.05, 3.63) is 66.4 Å². The lowest BCUT2D eigenvalue weighted by molar-refractivity contribution is 0.535. The van der Waals surface area contributed by atoms with Crippen molar-refractivity contribution in [2.45, 2.75) is 17.8 Å². The summed E-state index contributed by atoms with van der Waals surface area (Å²) in [6, 6.07) is 13.8. The molecule has 2 N–H and O–H groups in total. The van der Waals surface area contributed by atoms with Gasteiger partial charge in [0.05, 0.1) is 23.2 Å². The Hall–Kier alpha value is -3.00. The van der Waals surface area contributed by atoms with E-state index in [4.69, 9.17) is 10.3 Å². The monoisotopic (exact) mass is 352 g/mol. The highest BCUT2D eigenvalue weighted by Crippen LogP contribution is 2.26. The van der Waals surface area contributed by atoms with Gasteiger partial charge in [-0.1, -0.05) is 30.0 Å². The number of aryl methyl sites for hydroxylation is 1. The Morgan fingerprint density at radius 2 is 1.96 bits per heavy atom. The van der Waals surface area contributed by atoms with Crippen molar-refractivity contribution in [3.63, 3.8) is 0 Å². The number of furan rings is 1. The first-order valence-electron chi connectivity index (χ1n) is 7.70. The zero-order chi connectivity index (χ0) is 17.2. The van der Waals surface area contributed by atoms with Gasteiger partial charge in [0.2, 0.25) is 5.16 Å². The van der Waals surface area contributed by atoms with Gasteiger partial charge in [-0.15, -0.1) is 10.2 Å². The smallest absolute Gasteiger partial charge is 0.210 e. The Morgan fingerprint density at radius 3 is 2.72 bits per heavy atom. The van der Waals surface area contributed by atoms with E-state index in [0.29, 0.717) is 16.7 Å². The Kier molecular flexibility index (Phi) is 4.02. The predicted octanol–water partition coefficient (Wildman–Crippen LogP) is 3.04. The summed E-state index contributed by atoms with van der Waals surface area (Å²) in [6.45, 7) is 1.87. The van der Waals surface area contributed by atoms with Crippen LogP contribution in [-0.2, 0) is 5.75 Å². The molecule has 1 aromatic carbocycles. The largest absolute Gasteiger partial charge is 0.469 e. The second kappa shape index (κ2) is 6.48. The summed E-state index contributed by atoms with van der Waals surface area (Å²) in [5.74, 6) is 8.13. The summed E-state index contributed by atoms with van der Waals surface area (Å²) in [6.07, 6.45) is 3.56. The molecule has 0 bridgehead atoms. The first-order valence-corrected chi connectivity index (χ1v) is 8.68. The number of nitrogens with two attached hydrogens (primary N) is 1. The van der Waals surface area contributed by atoms with Crippen molar-refractivity contribution in [3.8, 4) is 17.1 Å². The highest BCUT2D eigenvalue weighted by molar-refractivity contribution is 7.98. The van der Waals surface area contributed by atoms with Gasteiger partial charge in [-0.25, -0.2) is 9.36 Å². The second-order valence-corrected chi connectivity index (χ2v) is 6.39. The zero-order valence-corrected chi connectivity index (χ0v) is 14.3. The topological polar surface area (TPSA) is 87.7 Å². The van der Waals surface area contributed by atoms with Crippen molar-refractivity contribution < 1.29 is 4.42 Å². The van der Waals surface area contributed by atoms with Crippen LogP contribution in [0.4, 0.5) is 0 Å². The summed E-state index contributed by atoms with van der Waals surface area (Å²) in [5, 5.41) is 13.5. The van der Waals surface area contributed by atoms with Crippen LogP contribution in [0.15, 0.2) is 64.5 Å². The van der Waals surface area contributed by atoms with Gasteiger partial charge in [0.15, 0.2) is 5.82 Å². The van der Waals surface area contributed by atoms with E-state index in [2.05, 4.69) is 15.3 Å². The maximum Gasteiger partial charge on any atom is 0.210 e. The fourth-order valence-electron chi connectivity index (χ4n) is 2.48. The number of hydrogen-bond donors (Lipinski definition) is 1. The van der Waals surface area contributed by atoms with Crippen LogP contribution in [0.5, 0.6) is 0 Å². The summed E-state index contributed by atoms with van der Waals surface area (Å²) in [7, 11) is 0. The Balaban J connectivity index is 1.49. The van der Waals surface area contributed by atoms with E-state index in [1.165, 1.54) is 16.4 Å². The molecule has 0 fully saturated rings. The Bertz CT molecular complexity index is 988. The quantitative estimate of drug-likeness (QED) is 0.439. The van der Waals surface area contributed by atoms with Gasteiger partial charge in [-0.05, 0) is 31.2 Å². The van der Waals surface area contributed by atoms with Crippen LogP contribution >= 0.6 is 11.8 Å². The molecular weight excluding hydrogens is 336 g/mol. The van der Waals surface area contributed by atoms with E-state index < -0.39 is 0 Å². The molecule has 0 amide bonds. The molecule has 3 heterocycles. The molecule has 0 radical (unpaired) electrons. The molecule has 0 aliphatic heterocycles. The first-order chi connectivity index (χ1) is 12.2. The minimum Gasteiger partial charge on any atom is -0.469 e. The number of nitrogens with zero attached hydrogens (tertiary/aromatic N) is 5. The summed E-state index contributed by atoms with van der Waals surface area (Å²) in [4.78, 5) is 0. The minimum atomic E-state index is 0.587. The third-order valence-electron chi connectivity index (χ3n) is 3.78. The van der Waals surface area contributed by atoms with Crippen molar-refractivity contribution in [2.24, 2.45) is 0 Å². The molecule has 0 aliphatic rings. The highest BCUT2D eigenvalue weighted by Gasteiger charge is 2.16. The van der Waals surface area contributed by atoms with Gasteiger partial charge < -0.3 is 10.3 Å². The predicted molar refractivity (Wildman–Crippen MR) is 95.7 cm³/mol. The number of aromatic nitrogens is 5. The molecule has 4 aromatic rings. The third kappa shape index (κ3) is 3.03. The molecule has 0 spiro atoms. The van der Waals surface area contributed by atoms with Gasteiger partial charge in [-0.2, -0.15) is 5.10 Å². The molecule has 3 aromatic heterocycles. The Labute approximate surface area is 148 Å². The molecule has 0 aliphatic carbocycles. The van der Waals surface area contributed by atoms with E-state index in [9.17, 15) is 0 Å². The number of benzene rings is 1. The second-order valence-electron chi connectivity index (χ2n) is 5.44. The lowest BCUT2D eigenvalue weighted by Gasteiger charge is -2.02. The normalized spacial score (nSPS) is 11.1. The highest BCUT2D eigenvalue weighted by atomic mass is 32.2.